The fraction of sp³-hybridized carbons (Fsp3) is 0.429. The molecular formula is C14H18ClNO3S2. The summed E-state index contributed by atoms with van der Waals surface area (Å²) in [6, 6.07) is 4.31. The van der Waals surface area contributed by atoms with Crippen LogP contribution < -0.4 is 4.72 Å². The minimum absolute atomic E-state index is 0.0368. The molecule has 0 spiro atoms. The quantitative estimate of drug-likeness (QED) is 0.773. The average Bonchev–Trinajstić information content (AvgIpc) is 2.42. The summed E-state index contributed by atoms with van der Waals surface area (Å²) in [4.78, 5) is 0.0368. The van der Waals surface area contributed by atoms with Crippen molar-refractivity contribution in [1.29, 1.82) is 0 Å². The predicted octanol–water partition coefficient (Wildman–Crippen LogP) is 2.10. The number of sulfonamides is 1. The van der Waals surface area contributed by atoms with Crippen molar-refractivity contribution in [2.75, 3.05) is 18.6 Å². The van der Waals surface area contributed by atoms with E-state index in [1.165, 1.54) is 12.1 Å². The molecule has 0 heterocycles. The molecule has 0 saturated carbocycles. The lowest BCUT2D eigenvalue weighted by Gasteiger charge is -2.14. The van der Waals surface area contributed by atoms with Crippen LogP contribution >= 0.6 is 23.4 Å². The van der Waals surface area contributed by atoms with Gasteiger partial charge in [0.15, 0.2) is 0 Å². The van der Waals surface area contributed by atoms with Crippen molar-refractivity contribution in [3.63, 3.8) is 0 Å². The number of hydrogen-bond acceptors (Lipinski definition) is 4. The molecule has 0 aliphatic carbocycles. The summed E-state index contributed by atoms with van der Waals surface area (Å²) in [6.45, 7) is 1.56. The predicted molar refractivity (Wildman–Crippen MR) is 88.2 cm³/mol. The van der Waals surface area contributed by atoms with Crippen molar-refractivity contribution in [3.8, 4) is 11.8 Å². The first-order chi connectivity index (χ1) is 9.90. The van der Waals surface area contributed by atoms with E-state index in [0.717, 1.165) is 12.2 Å². The summed E-state index contributed by atoms with van der Waals surface area (Å²) in [5.74, 6) is 6.05. The van der Waals surface area contributed by atoms with Gasteiger partial charge >= 0.3 is 0 Å². The van der Waals surface area contributed by atoms with E-state index in [-0.39, 0.29) is 22.6 Å². The lowest BCUT2D eigenvalue weighted by molar-refractivity contribution is 0.350. The van der Waals surface area contributed by atoms with Gasteiger partial charge in [-0.2, -0.15) is 11.8 Å². The minimum Gasteiger partial charge on any atom is -0.384 e. The van der Waals surface area contributed by atoms with Gasteiger partial charge in [0.25, 0.3) is 0 Å². The van der Waals surface area contributed by atoms with Crippen molar-refractivity contribution >= 4 is 33.4 Å². The summed E-state index contributed by atoms with van der Waals surface area (Å²) in [5.41, 5.74) is 0.559. The molecule has 1 aromatic rings. The molecule has 0 fully saturated rings. The summed E-state index contributed by atoms with van der Waals surface area (Å²) >= 11 is 7.70. The van der Waals surface area contributed by atoms with Crippen molar-refractivity contribution < 1.29 is 13.5 Å². The van der Waals surface area contributed by atoms with Crippen LogP contribution in [0.5, 0.6) is 0 Å². The molecule has 2 N–H and O–H groups in total. The molecule has 7 heteroatoms. The second-order valence-corrected chi connectivity index (χ2v) is 7.48. The van der Waals surface area contributed by atoms with Gasteiger partial charge < -0.3 is 5.11 Å². The van der Waals surface area contributed by atoms with Crippen LogP contribution in [0.1, 0.15) is 18.9 Å². The largest absolute Gasteiger partial charge is 0.384 e. The SMILES string of the molecule is CSCCC(C)NS(=O)(=O)c1ccc(C#CCO)cc1Cl. The maximum atomic E-state index is 12.3. The van der Waals surface area contributed by atoms with Crippen LogP contribution in [-0.2, 0) is 10.0 Å². The van der Waals surface area contributed by atoms with Crippen LogP contribution in [0.25, 0.3) is 0 Å². The zero-order valence-electron chi connectivity index (χ0n) is 11.9. The third-order valence-electron chi connectivity index (χ3n) is 2.64. The topological polar surface area (TPSA) is 66.4 Å². The number of thioether (sulfide) groups is 1. The molecule has 0 aliphatic rings. The highest BCUT2D eigenvalue weighted by molar-refractivity contribution is 7.98. The van der Waals surface area contributed by atoms with E-state index in [0.29, 0.717) is 5.56 Å². The van der Waals surface area contributed by atoms with Gasteiger partial charge in [-0.25, -0.2) is 13.1 Å². The van der Waals surface area contributed by atoms with E-state index in [1.54, 1.807) is 17.8 Å². The van der Waals surface area contributed by atoms with Gasteiger partial charge in [0.05, 0.1) is 5.02 Å². The fourth-order valence-corrected chi connectivity index (χ4v) is 4.03. The van der Waals surface area contributed by atoms with Crippen LogP contribution in [0.15, 0.2) is 23.1 Å². The molecule has 1 unspecified atom stereocenters. The monoisotopic (exact) mass is 347 g/mol. The number of aliphatic hydroxyl groups is 1. The summed E-state index contributed by atoms with van der Waals surface area (Å²) in [7, 11) is -3.65. The maximum Gasteiger partial charge on any atom is 0.242 e. The Labute approximate surface area is 135 Å². The van der Waals surface area contributed by atoms with E-state index < -0.39 is 10.0 Å². The minimum atomic E-state index is -3.65. The van der Waals surface area contributed by atoms with Gasteiger partial charge in [0.1, 0.15) is 11.5 Å². The Hall–Kier alpha value is -0.710. The van der Waals surface area contributed by atoms with Crippen LogP contribution in [-0.4, -0.2) is 38.2 Å². The first-order valence-electron chi connectivity index (χ1n) is 6.31. The molecule has 0 aliphatic heterocycles. The Kier molecular flexibility index (Phi) is 7.57. The molecule has 21 heavy (non-hydrogen) atoms. The van der Waals surface area contributed by atoms with E-state index in [4.69, 9.17) is 16.7 Å². The average molecular weight is 348 g/mol. The smallest absolute Gasteiger partial charge is 0.242 e. The lowest BCUT2D eigenvalue weighted by atomic mass is 10.2. The Balaban J connectivity index is 2.93. The third kappa shape index (κ3) is 5.89. The zero-order valence-corrected chi connectivity index (χ0v) is 14.3. The fourth-order valence-electron chi connectivity index (χ4n) is 1.62. The number of aliphatic hydroxyl groups excluding tert-OH is 1. The highest BCUT2D eigenvalue weighted by Crippen LogP contribution is 2.22. The molecule has 0 saturated heterocycles. The maximum absolute atomic E-state index is 12.3. The number of nitrogens with one attached hydrogen (secondary N) is 1. The highest BCUT2D eigenvalue weighted by atomic mass is 35.5. The van der Waals surface area contributed by atoms with Gasteiger partial charge in [-0.3, -0.25) is 0 Å². The van der Waals surface area contributed by atoms with Gasteiger partial charge in [0, 0.05) is 11.6 Å². The van der Waals surface area contributed by atoms with E-state index in [1.807, 2.05) is 13.2 Å². The first-order valence-corrected chi connectivity index (χ1v) is 9.56. The Morgan fingerprint density at radius 2 is 2.19 bits per heavy atom. The van der Waals surface area contributed by atoms with Gasteiger partial charge in [-0.05, 0) is 43.6 Å². The number of halogens is 1. The van der Waals surface area contributed by atoms with Crippen LogP contribution in [0.2, 0.25) is 5.02 Å². The van der Waals surface area contributed by atoms with E-state index >= 15 is 0 Å². The normalized spacial score (nSPS) is 12.6. The second-order valence-electron chi connectivity index (χ2n) is 4.41. The standard InChI is InChI=1S/C14H18ClNO3S2/c1-11(7-9-20-2)16-21(18,19)14-6-5-12(4-3-8-17)10-13(14)15/h5-6,10-11,16-17H,7-9H2,1-2H3. The molecule has 1 aromatic carbocycles. The van der Waals surface area contributed by atoms with Crippen molar-refractivity contribution in [2.24, 2.45) is 0 Å². The number of rotatable bonds is 6. The third-order valence-corrected chi connectivity index (χ3v) is 5.36. The molecule has 0 radical (unpaired) electrons. The molecule has 116 valence electrons. The Morgan fingerprint density at radius 3 is 2.76 bits per heavy atom. The summed E-state index contributed by atoms with van der Waals surface area (Å²) in [5, 5.41) is 8.75. The Morgan fingerprint density at radius 1 is 1.48 bits per heavy atom. The molecule has 0 amide bonds. The van der Waals surface area contributed by atoms with E-state index in [2.05, 4.69) is 16.6 Å². The molecular weight excluding hydrogens is 330 g/mol. The van der Waals surface area contributed by atoms with Crippen LogP contribution in [0, 0.1) is 11.8 Å². The summed E-state index contributed by atoms with van der Waals surface area (Å²) in [6.07, 6.45) is 2.72. The zero-order chi connectivity index (χ0) is 15.9. The van der Waals surface area contributed by atoms with Gasteiger partial charge in [0.2, 0.25) is 10.0 Å². The molecule has 4 nitrogen and oxygen atoms in total. The molecule has 0 aromatic heterocycles. The van der Waals surface area contributed by atoms with Crippen LogP contribution in [0.4, 0.5) is 0 Å². The second kappa shape index (κ2) is 8.66. The number of benzene rings is 1. The molecule has 1 atom stereocenters. The van der Waals surface area contributed by atoms with Crippen molar-refractivity contribution in [3.05, 3.63) is 28.8 Å². The van der Waals surface area contributed by atoms with Gasteiger partial charge in [-0.15, -0.1) is 0 Å². The molecule has 0 bridgehead atoms. The summed E-state index contributed by atoms with van der Waals surface area (Å²) < 4.78 is 27.2. The van der Waals surface area contributed by atoms with Crippen molar-refractivity contribution in [1.82, 2.24) is 4.72 Å². The van der Waals surface area contributed by atoms with Crippen LogP contribution in [0.3, 0.4) is 0 Å². The first kappa shape index (κ1) is 18.3. The van der Waals surface area contributed by atoms with Gasteiger partial charge in [-0.1, -0.05) is 23.4 Å². The Bertz CT molecular complexity index is 635. The lowest BCUT2D eigenvalue weighted by Crippen LogP contribution is -2.33. The molecule has 1 rings (SSSR count). The van der Waals surface area contributed by atoms with E-state index in [9.17, 15) is 8.42 Å². The number of hydrogen-bond donors (Lipinski definition) is 2. The highest BCUT2D eigenvalue weighted by Gasteiger charge is 2.20. The van der Waals surface area contributed by atoms with Crippen molar-refractivity contribution in [2.45, 2.75) is 24.3 Å².